The number of aromatic nitrogens is 1. The van der Waals surface area contributed by atoms with Gasteiger partial charge in [-0.25, -0.2) is 0 Å². The van der Waals surface area contributed by atoms with Gasteiger partial charge in [0.15, 0.2) is 5.11 Å². The van der Waals surface area contributed by atoms with Crippen molar-refractivity contribution in [2.24, 2.45) is 0 Å². The van der Waals surface area contributed by atoms with E-state index in [0.29, 0.717) is 23.2 Å². The lowest BCUT2D eigenvalue weighted by atomic mass is 10.2. The van der Waals surface area contributed by atoms with Crippen LogP contribution in [0.3, 0.4) is 0 Å². The number of benzene rings is 2. The number of nitrogens with one attached hydrogen (secondary N) is 1. The minimum absolute atomic E-state index is 0.600. The summed E-state index contributed by atoms with van der Waals surface area (Å²) in [6.07, 6.45) is 3.60. The molecule has 1 heterocycles. The van der Waals surface area contributed by atoms with E-state index in [1.807, 2.05) is 66.9 Å². The van der Waals surface area contributed by atoms with Crippen molar-refractivity contribution in [2.45, 2.75) is 13.1 Å². The van der Waals surface area contributed by atoms with Crippen molar-refractivity contribution in [1.29, 1.82) is 0 Å². The van der Waals surface area contributed by atoms with E-state index < -0.39 is 0 Å². The number of ether oxygens (including phenoxy) is 1. The molecule has 0 fully saturated rings. The van der Waals surface area contributed by atoms with Gasteiger partial charge in [0.2, 0.25) is 0 Å². The van der Waals surface area contributed by atoms with E-state index >= 15 is 0 Å². The maximum absolute atomic E-state index is 6.14. The van der Waals surface area contributed by atoms with E-state index in [-0.39, 0.29) is 0 Å². The van der Waals surface area contributed by atoms with Crippen LogP contribution >= 0.6 is 23.8 Å². The fourth-order valence-corrected chi connectivity index (χ4v) is 3.16. The minimum Gasteiger partial charge on any atom is -0.495 e. The van der Waals surface area contributed by atoms with E-state index in [1.165, 1.54) is 0 Å². The van der Waals surface area contributed by atoms with Crippen molar-refractivity contribution in [3.8, 4) is 5.75 Å². The maximum Gasteiger partial charge on any atom is 0.174 e. The number of pyridine rings is 1. The second-order valence-corrected chi connectivity index (χ2v) is 6.80. The normalized spacial score (nSPS) is 10.3. The molecule has 0 amide bonds. The molecular formula is C21H20ClN3OS. The number of hydrogen-bond donors (Lipinski definition) is 1. The van der Waals surface area contributed by atoms with E-state index in [2.05, 4.69) is 15.2 Å². The number of halogens is 1. The van der Waals surface area contributed by atoms with Gasteiger partial charge in [0.1, 0.15) is 5.75 Å². The largest absolute Gasteiger partial charge is 0.495 e. The molecule has 0 aliphatic carbocycles. The zero-order valence-corrected chi connectivity index (χ0v) is 16.5. The Morgan fingerprint density at radius 1 is 1.07 bits per heavy atom. The van der Waals surface area contributed by atoms with Gasteiger partial charge in [-0.1, -0.05) is 41.9 Å². The summed E-state index contributed by atoms with van der Waals surface area (Å²) in [5, 5.41) is 4.60. The van der Waals surface area contributed by atoms with Gasteiger partial charge < -0.3 is 15.0 Å². The summed E-state index contributed by atoms with van der Waals surface area (Å²) in [5.41, 5.74) is 2.98. The maximum atomic E-state index is 6.14. The van der Waals surface area contributed by atoms with Crippen molar-refractivity contribution in [2.75, 3.05) is 12.4 Å². The number of hydrogen-bond acceptors (Lipinski definition) is 3. The van der Waals surface area contributed by atoms with E-state index in [9.17, 15) is 0 Å². The van der Waals surface area contributed by atoms with Crippen LogP contribution in [0.15, 0.2) is 73.1 Å². The number of thiocarbonyl (C=S) groups is 1. The third-order valence-electron chi connectivity index (χ3n) is 3.99. The third kappa shape index (κ3) is 5.42. The van der Waals surface area contributed by atoms with Crippen molar-refractivity contribution >= 4 is 34.6 Å². The Balaban J connectivity index is 1.82. The molecule has 1 N–H and O–H groups in total. The molecule has 6 heteroatoms. The Bertz CT molecular complexity index is 905. The average Bonchev–Trinajstić information content (AvgIpc) is 2.69. The summed E-state index contributed by atoms with van der Waals surface area (Å²) in [5.74, 6) is 0.740. The van der Waals surface area contributed by atoms with Crippen LogP contribution in [0.5, 0.6) is 5.75 Å². The molecule has 0 saturated carbocycles. The molecule has 3 rings (SSSR count). The lowest BCUT2D eigenvalue weighted by molar-refractivity contribution is 0.409. The smallest absolute Gasteiger partial charge is 0.174 e. The van der Waals surface area contributed by atoms with Crippen LogP contribution in [-0.4, -0.2) is 22.1 Å². The van der Waals surface area contributed by atoms with Crippen molar-refractivity contribution < 1.29 is 4.74 Å². The Hall–Kier alpha value is -2.63. The standard InChI is InChI=1S/C21H20ClN3OS/c1-26-20-10-3-2-9-19(20)24-21(27)25(15-17-7-5-11-23-13-17)14-16-6-4-8-18(22)12-16/h2-13H,14-15H2,1H3,(H,24,27). The van der Waals surface area contributed by atoms with Gasteiger partial charge in [0.25, 0.3) is 0 Å². The van der Waals surface area contributed by atoms with Gasteiger partial charge in [-0.15, -0.1) is 0 Å². The zero-order chi connectivity index (χ0) is 19.1. The molecule has 0 unspecified atom stereocenters. The van der Waals surface area contributed by atoms with Gasteiger partial charge in [0, 0.05) is 30.5 Å². The predicted molar refractivity (Wildman–Crippen MR) is 114 cm³/mol. The molecule has 4 nitrogen and oxygen atoms in total. The summed E-state index contributed by atoms with van der Waals surface area (Å²) in [6, 6.07) is 19.4. The minimum atomic E-state index is 0.600. The highest BCUT2D eigenvalue weighted by atomic mass is 35.5. The number of rotatable bonds is 6. The first-order chi connectivity index (χ1) is 13.2. The lowest BCUT2D eigenvalue weighted by Gasteiger charge is -2.26. The number of para-hydroxylation sites is 2. The lowest BCUT2D eigenvalue weighted by Crippen LogP contribution is -2.34. The van der Waals surface area contributed by atoms with Crippen LogP contribution in [-0.2, 0) is 13.1 Å². The Kier molecular flexibility index (Phi) is 6.63. The third-order valence-corrected chi connectivity index (χ3v) is 4.59. The van der Waals surface area contributed by atoms with Crippen LogP contribution in [0.4, 0.5) is 5.69 Å². The summed E-state index contributed by atoms with van der Waals surface area (Å²) < 4.78 is 5.41. The second kappa shape index (κ2) is 9.35. The van der Waals surface area contributed by atoms with Gasteiger partial charge in [0.05, 0.1) is 12.8 Å². The summed E-state index contributed by atoms with van der Waals surface area (Å²) in [6.45, 7) is 1.25. The van der Waals surface area contributed by atoms with Gasteiger partial charge in [-0.05, 0) is 53.7 Å². The monoisotopic (exact) mass is 397 g/mol. The van der Waals surface area contributed by atoms with Gasteiger partial charge in [-0.2, -0.15) is 0 Å². The topological polar surface area (TPSA) is 37.4 Å². The highest BCUT2D eigenvalue weighted by Crippen LogP contribution is 2.24. The highest BCUT2D eigenvalue weighted by Gasteiger charge is 2.14. The van der Waals surface area contributed by atoms with Crippen molar-refractivity contribution in [3.05, 3.63) is 89.2 Å². The molecule has 0 radical (unpaired) electrons. The summed E-state index contributed by atoms with van der Waals surface area (Å²) in [7, 11) is 1.64. The van der Waals surface area contributed by atoms with Gasteiger partial charge in [-0.3, -0.25) is 4.98 Å². The molecule has 0 saturated heterocycles. The molecule has 27 heavy (non-hydrogen) atoms. The van der Waals surface area contributed by atoms with E-state index in [4.69, 9.17) is 28.6 Å². The second-order valence-electron chi connectivity index (χ2n) is 5.98. The average molecular weight is 398 g/mol. The summed E-state index contributed by atoms with van der Waals surface area (Å²) >= 11 is 11.8. The van der Waals surface area contributed by atoms with Crippen LogP contribution in [0.25, 0.3) is 0 Å². The SMILES string of the molecule is COc1ccccc1NC(=S)N(Cc1cccnc1)Cc1cccc(Cl)c1. The predicted octanol–water partition coefficient (Wildman–Crippen LogP) is 5.14. The molecule has 0 aliphatic rings. The Morgan fingerprint density at radius 3 is 2.59 bits per heavy atom. The van der Waals surface area contributed by atoms with Crippen LogP contribution < -0.4 is 10.1 Å². The van der Waals surface area contributed by atoms with Crippen molar-refractivity contribution in [1.82, 2.24) is 9.88 Å². The first kappa shape index (κ1) is 19.1. The molecule has 1 aromatic heterocycles. The van der Waals surface area contributed by atoms with E-state index in [1.54, 1.807) is 13.3 Å². The zero-order valence-electron chi connectivity index (χ0n) is 14.9. The Morgan fingerprint density at radius 2 is 1.85 bits per heavy atom. The molecule has 0 atom stereocenters. The quantitative estimate of drug-likeness (QED) is 0.582. The number of anilines is 1. The van der Waals surface area contributed by atoms with E-state index in [0.717, 1.165) is 22.6 Å². The molecule has 2 aromatic carbocycles. The van der Waals surface area contributed by atoms with Crippen LogP contribution in [0.2, 0.25) is 5.02 Å². The number of methoxy groups -OCH3 is 1. The van der Waals surface area contributed by atoms with Gasteiger partial charge >= 0.3 is 0 Å². The van der Waals surface area contributed by atoms with Crippen LogP contribution in [0, 0.1) is 0 Å². The molecule has 3 aromatic rings. The number of nitrogens with zero attached hydrogens (tertiary/aromatic N) is 2. The first-order valence-electron chi connectivity index (χ1n) is 8.48. The Labute approximate surface area is 169 Å². The highest BCUT2D eigenvalue weighted by molar-refractivity contribution is 7.80. The fraction of sp³-hybridized carbons (Fsp3) is 0.143. The first-order valence-corrected chi connectivity index (χ1v) is 9.26. The molecule has 0 bridgehead atoms. The van der Waals surface area contributed by atoms with Crippen molar-refractivity contribution in [3.63, 3.8) is 0 Å². The molecule has 138 valence electrons. The molecular weight excluding hydrogens is 378 g/mol. The molecule has 0 aliphatic heterocycles. The summed E-state index contributed by atoms with van der Waals surface area (Å²) in [4.78, 5) is 6.27. The fourth-order valence-electron chi connectivity index (χ4n) is 2.71. The van der Waals surface area contributed by atoms with Crippen LogP contribution in [0.1, 0.15) is 11.1 Å². The molecule has 0 spiro atoms.